The van der Waals surface area contributed by atoms with Crippen LogP contribution >= 0.6 is 0 Å². The molecule has 10 heteroatoms. The lowest BCUT2D eigenvalue weighted by Gasteiger charge is -2.23. The van der Waals surface area contributed by atoms with E-state index in [4.69, 9.17) is 16.2 Å². The predicted molar refractivity (Wildman–Crippen MR) is 160 cm³/mol. The molecule has 0 amide bonds. The molecule has 3 aromatic rings. The summed E-state index contributed by atoms with van der Waals surface area (Å²) in [5.41, 5.74) is 15.8. The number of nitrogens with two attached hydrogens (primary N) is 2. The van der Waals surface area contributed by atoms with Crippen molar-refractivity contribution in [3.05, 3.63) is 78.6 Å². The molecule has 0 aliphatic rings. The van der Waals surface area contributed by atoms with Crippen molar-refractivity contribution in [3.8, 4) is 11.3 Å². The molecule has 1 aromatic carbocycles. The number of nitrogens with zero attached hydrogens (tertiary/aromatic N) is 4. The molecule has 3 rings (SSSR count). The second-order valence-corrected chi connectivity index (χ2v) is 10.3. The van der Waals surface area contributed by atoms with E-state index in [-0.39, 0.29) is 24.6 Å². The summed E-state index contributed by atoms with van der Waals surface area (Å²) >= 11 is 0. The van der Waals surface area contributed by atoms with Gasteiger partial charge in [-0.15, -0.1) is 0 Å². The summed E-state index contributed by atoms with van der Waals surface area (Å²) in [6, 6.07) is 13.2. The Balaban J connectivity index is 1.68. The van der Waals surface area contributed by atoms with Gasteiger partial charge >= 0.3 is 5.97 Å². The van der Waals surface area contributed by atoms with Gasteiger partial charge in [-0.25, -0.2) is 4.98 Å². The number of hydrogen-bond acceptors (Lipinski definition) is 8. The van der Waals surface area contributed by atoms with Gasteiger partial charge in [-0.1, -0.05) is 57.7 Å². The van der Waals surface area contributed by atoms with Crippen LogP contribution in [0.1, 0.15) is 58.3 Å². The SMILES string of the molecule is C=C(Nc1c(C(N)=NCc2ccc(-c3ccccn3)cc2)ncn1C(C)C)N[C@H](CC)COC(=O)C(N)C(C)C. The smallest absolute Gasteiger partial charge is 0.323 e. The minimum absolute atomic E-state index is 0.00461. The number of pyridine rings is 1. The zero-order valence-electron chi connectivity index (χ0n) is 24.1. The number of hydrogen-bond donors (Lipinski definition) is 4. The first-order chi connectivity index (χ1) is 19.1. The van der Waals surface area contributed by atoms with E-state index in [1.807, 2.05) is 67.8 Å². The Bertz CT molecular complexity index is 1280. The highest BCUT2D eigenvalue weighted by atomic mass is 16.5. The molecule has 2 aromatic heterocycles. The van der Waals surface area contributed by atoms with Crippen LogP contribution in [-0.2, 0) is 16.1 Å². The molecule has 2 heterocycles. The van der Waals surface area contributed by atoms with E-state index >= 15 is 0 Å². The van der Waals surface area contributed by atoms with Gasteiger partial charge < -0.3 is 31.4 Å². The van der Waals surface area contributed by atoms with Crippen molar-refractivity contribution in [2.75, 3.05) is 11.9 Å². The Hall–Kier alpha value is -4.18. The second-order valence-electron chi connectivity index (χ2n) is 10.3. The van der Waals surface area contributed by atoms with E-state index < -0.39 is 12.0 Å². The summed E-state index contributed by atoms with van der Waals surface area (Å²) in [6.45, 7) is 14.6. The Kier molecular flexibility index (Phi) is 10.8. The highest BCUT2D eigenvalue weighted by Crippen LogP contribution is 2.22. The van der Waals surface area contributed by atoms with Gasteiger partial charge in [0.15, 0.2) is 0 Å². The summed E-state index contributed by atoms with van der Waals surface area (Å²) in [5.74, 6) is 1.10. The van der Waals surface area contributed by atoms with Crippen molar-refractivity contribution in [1.82, 2.24) is 19.9 Å². The monoisotopic (exact) mass is 546 g/mol. The average molecular weight is 547 g/mol. The first kappa shape index (κ1) is 30.4. The lowest BCUT2D eigenvalue weighted by Crippen LogP contribution is -2.41. The van der Waals surface area contributed by atoms with Crippen LogP contribution < -0.4 is 22.1 Å². The number of rotatable bonds is 14. The molecule has 0 saturated carbocycles. The topological polar surface area (TPSA) is 145 Å². The quantitative estimate of drug-likeness (QED) is 0.134. The van der Waals surface area contributed by atoms with Crippen molar-refractivity contribution >= 4 is 17.6 Å². The third kappa shape index (κ3) is 8.16. The number of nitrogens with one attached hydrogen (secondary N) is 2. The average Bonchev–Trinajstić information content (AvgIpc) is 3.37. The number of anilines is 1. The van der Waals surface area contributed by atoms with E-state index in [1.54, 1.807) is 12.5 Å². The molecule has 1 unspecified atom stereocenters. The minimum atomic E-state index is -0.650. The van der Waals surface area contributed by atoms with Crippen LogP contribution in [0.4, 0.5) is 5.82 Å². The molecule has 6 N–H and O–H groups in total. The van der Waals surface area contributed by atoms with Crippen LogP contribution in [-0.4, -0.2) is 45.0 Å². The van der Waals surface area contributed by atoms with Crippen LogP contribution in [0.5, 0.6) is 0 Å². The van der Waals surface area contributed by atoms with E-state index in [9.17, 15) is 4.79 Å². The number of aliphatic imine (C=N–C) groups is 1. The Labute approximate surface area is 237 Å². The molecular formula is C30H42N8O2. The number of esters is 1. The molecule has 0 spiro atoms. The van der Waals surface area contributed by atoms with Crippen molar-refractivity contribution in [3.63, 3.8) is 0 Å². The van der Waals surface area contributed by atoms with Gasteiger partial charge in [0.1, 0.15) is 30.0 Å². The number of carbonyl (C=O) groups excluding carboxylic acids is 1. The maximum Gasteiger partial charge on any atom is 0.323 e. The van der Waals surface area contributed by atoms with E-state index in [0.29, 0.717) is 36.1 Å². The fourth-order valence-corrected chi connectivity index (χ4v) is 3.87. The summed E-state index contributed by atoms with van der Waals surface area (Å²) in [6.07, 6.45) is 4.22. The maximum atomic E-state index is 12.2. The van der Waals surface area contributed by atoms with Crippen molar-refractivity contribution in [2.24, 2.45) is 22.4 Å². The van der Waals surface area contributed by atoms with Gasteiger partial charge in [0, 0.05) is 17.8 Å². The van der Waals surface area contributed by atoms with Crippen molar-refractivity contribution in [1.29, 1.82) is 0 Å². The summed E-state index contributed by atoms with van der Waals surface area (Å²) < 4.78 is 7.40. The molecule has 0 radical (unpaired) electrons. The first-order valence-corrected chi connectivity index (χ1v) is 13.6. The molecule has 2 atom stereocenters. The van der Waals surface area contributed by atoms with Gasteiger partial charge in [-0.05, 0) is 43.9 Å². The third-order valence-electron chi connectivity index (χ3n) is 6.50. The number of imidazole rings is 1. The Morgan fingerprint density at radius 3 is 2.45 bits per heavy atom. The maximum absolute atomic E-state index is 12.2. The van der Waals surface area contributed by atoms with Crippen LogP contribution in [0, 0.1) is 5.92 Å². The minimum Gasteiger partial charge on any atom is -0.462 e. The predicted octanol–water partition coefficient (Wildman–Crippen LogP) is 4.21. The van der Waals surface area contributed by atoms with Gasteiger partial charge in [0.25, 0.3) is 0 Å². The summed E-state index contributed by atoms with van der Waals surface area (Å²) in [7, 11) is 0. The van der Waals surface area contributed by atoms with Crippen LogP contribution in [0.2, 0.25) is 0 Å². The van der Waals surface area contributed by atoms with Gasteiger partial charge in [0.2, 0.25) is 0 Å². The summed E-state index contributed by atoms with van der Waals surface area (Å²) in [5, 5.41) is 6.59. The molecule has 0 aliphatic carbocycles. The lowest BCUT2D eigenvalue weighted by molar-refractivity contribution is -0.147. The fourth-order valence-electron chi connectivity index (χ4n) is 3.87. The molecule has 0 fully saturated rings. The van der Waals surface area contributed by atoms with Crippen molar-refractivity contribution in [2.45, 2.75) is 65.7 Å². The normalized spacial score (nSPS) is 13.2. The van der Waals surface area contributed by atoms with E-state index in [1.165, 1.54) is 0 Å². The molecule has 40 heavy (non-hydrogen) atoms. The largest absolute Gasteiger partial charge is 0.462 e. The number of ether oxygens (including phenoxy) is 1. The Morgan fingerprint density at radius 1 is 1.12 bits per heavy atom. The molecular weight excluding hydrogens is 504 g/mol. The van der Waals surface area contributed by atoms with Crippen LogP contribution in [0.3, 0.4) is 0 Å². The zero-order chi connectivity index (χ0) is 29.2. The molecule has 0 saturated heterocycles. The van der Waals surface area contributed by atoms with Crippen molar-refractivity contribution < 1.29 is 9.53 Å². The van der Waals surface area contributed by atoms with Gasteiger partial charge in [0.05, 0.1) is 30.4 Å². The Morgan fingerprint density at radius 2 is 1.85 bits per heavy atom. The highest BCUT2D eigenvalue weighted by molar-refractivity contribution is 6.00. The van der Waals surface area contributed by atoms with E-state index in [2.05, 4.69) is 46.0 Å². The molecule has 0 aliphatic heterocycles. The fraction of sp³-hybridized carbons (Fsp3) is 0.400. The standard InChI is InChI=1S/C30H42N8O2/c1-7-24(17-40-30(39)26(31)19(2)3)36-21(6)37-29-27(35-18-38(29)20(4)5)28(32)34-16-22-11-13-23(14-12-22)25-10-8-9-15-33-25/h8-15,18-20,24,26,36-37H,6-7,16-17,31H2,1-5H3,(H2,32,34)/t24-,26?/m1/s1. The number of amidine groups is 1. The molecule has 0 bridgehead atoms. The number of benzene rings is 1. The van der Waals surface area contributed by atoms with Crippen LogP contribution in [0.15, 0.2) is 72.4 Å². The highest BCUT2D eigenvalue weighted by Gasteiger charge is 2.21. The third-order valence-corrected chi connectivity index (χ3v) is 6.50. The molecule has 214 valence electrons. The van der Waals surface area contributed by atoms with Gasteiger partial charge in [-0.3, -0.25) is 14.8 Å². The van der Waals surface area contributed by atoms with E-state index in [0.717, 1.165) is 16.8 Å². The lowest BCUT2D eigenvalue weighted by atomic mass is 10.1. The van der Waals surface area contributed by atoms with Gasteiger partial charge in [-0.2, -0.15) is 0 Å². The summed E-state index contributed by atoms with van der Waals surface area (Å²) in [4.78, 5) is 25.7. The zero-order valence-corrected chi connectivity index (χ0v) is 24.1. The number of aromatic nitrogens is 3. The molecule has 10 nitrogen and oxygen atoms in total. The second kappa shape index (κ2) is 14.3. The van der Waals surface area contributed by atoms with Crippen LogP contribution in [0.25, 0.3) is 11.3 Å². The first-order valence-electron chi connectivity index (χ1n) is 13.6. The number of carbonyl (C=O) groups is 1.